The first-order valence-corrected chi connectivity index (χ1v) is 9.81. The van der Waals surface area contributed by atoms with Crippen LogP contribution in [0, 0.1) is 6.92 Å². The van der Waals surface area contributed by atoms with Crippen molar-refractivity contribution in [2.45, 2.75) is 48.9 Å². The molecular formula is C18H24N2O6S. The number of aliphatic hydroxyl groups excluding tert-OH is 4. The Bertz CT molecular complexity index is 751. The summed E-state index contributed by atoms with van der Waals surface area (Å²) >= 11 is 1.67. The normalized spacial score (nSPS) is 28.3. The number of nitrogens with one attached hydrogen (secondary N) is 1. The van der Waals surface area contributed by atoms with Gasteiger partial charge in [-0.25, -0.2) is 0 Å². The Balaban J connectivity index is 1.77. The highest BCUT2D eigenvalue weighted by Crippen LogP contribution is 2.28. The van der Waals surface area contributed by atoms with Gasteiger partial charge >= 0.3 is 0 Å². The summed E-state index contributed by atoms with van der Waals surface area (Å²) in [5.74, 6) is 0.241. The van der Waals surface area contributed by atoms with Gasteiger partial charge in [-0.15, -0.1) is 16.9 Å². The molecule has 1 aromatic carbocycles. The highest BCUT2D eigenvalue weighted by atomic mass is 32.2. The first kappa shape index (κ1) is 20.1. The van der Waals surface area contributed by atoms with Crippen molar-refractivity contribution < 1.29 is 29.9 Å². The average molecular weight is 396 g/mol. The molecule has 0 bridgehead atoms. The summed E-state index contributed by atoms with van der Waals surface area (Å²) in [6.45, 7) is 1.35. The van der Waals surface area contributed by atoms with E-state index in [-0.39, 0.29) is 5.88 Å². The van der Waals surface area contributed by atoms with Crippen molar-refractivity contribution in [2.24, 2.45) is 0 Å². The number of ether oxygens (including phenoxy) is 2. The van der Waals surface area contributed by atoms with Crippen molar-refractivity contribution >= 4 is 11.8 Å². The van der Waals surface area contributed by atoms with Gasteiger partial charge in [0.2, 0.25) is 12.2 Å². The van der Waals surface area contributed by atoms with Crippen LogP contribution in [-0.4, -0.2) is 74.2 Å². The highest BCUT2D eigenvalue weighted by Gasteiger charge is 2.45. The zero-order valence-electron chi connectivity index (χ0n) is 15.1. The number of benzene rings is 1. The molecule has 0 amide bonds. The van der Waals surface area contributed by atoms with E-state index in [0.717, 1.165) is 16.8 Å². The number of aromatic amines is 1. The van der Waals surface area contributed by atoms with Crippen LogP contribution in [0.4, 0.5) is 0 Å². The maximum Gasteiger partial charge on any atom is 0.238 e. The fourth-order valence-corrected chi connectivity index (χ4v) is 3.37. The fourth-order valence-electron chi connectivity index (χ4n) is 2.96. The minimum atomic E-state index is -1.50. The van der Waals surface area contributed by atoms with Crippen molar-refractivity contribution in [1.29, 1.82) is 0 Å². The van der Waals surface area contributed by atoms with E-state index in [1.165, 1.54) is 4.90 Å². The van der Waals surface area contributed by atoms with E-state index in [2.05, 4.69) is 10.2 Å². The van der Waals surface area contributed by atoms with Crippen LogP contribution in [0.25, 0.3) is 0 Å². The summed E-state index contributed by atoms with van der Waals surface area (Å²) in [5, 5.41) is 46.2. The lowest BCUT2D eigenvalue weighted by Gasteiger charge is -2.39. The maximum absolute atomic E-state index is 10.1. The van der Waals surface area contributed by atoms with Crippen molar-refractivity contribution in [3.8, 4) is 5.88 Å². The van der Waals surface area contributed by atoms with Gasteiger partial charge in [0, 0.05) is 22.6 Å². The van der Waals surface area contributed by atoms with Gasteiger partial charge in [0.1, 0.15) is 24.4 Å². The summed E-state index contributed by atoms with van der Waals surface area (Å²) in [6, 6.07) is 8.12. The third-order valence-electron chi connectivity index (χ3n) is 4.65. The van der Waals surface area contributed by atoms with E-state index >= 15 is 0 Å². The van der Waals surface area contributed by atoms with Gasteiger partial charge < -0.3 is 29.9 Å². The molecule has 8 nitrogen and oxygen atoms in total. The van der Waals surface area contributed by atoms with Crippen LogP contribution in [0.2, 0.25) is 0 Å². The second-order valence-corrected chi connectivity index (χ2v) is 7.35. The Kier molecular flexibility index (Phi) is 6.40. The van der Waals surface area contributed by atoms with Crippen molar-refractivity contribution in [3.63, 3.8) is 0 Å². The largest absolute Gasteiger partial charge is 0.443 e. The van der Waals surface area contributed by atoms with Gasteiger partial charge in [-0.2, -0.15) is 0 Å². The number of H-pyrrole nitrogens is 1. The molecule has 9 heteroatoms. The smallest absolute Gasteiger partial charge is 0.238 e. The van der Waals surface area contributed by atoms with E-state index in [9.17, 15) is 20.4 Å². The summed E-state index contributed by atoms with van der Waals surface area (Å²) in [4.78, 5) is 1.17. The van der Waals surface area contributed by atoms with E-state index in [4.69, 9.17) is 9.47 Å². The molecule has 5 N–H and O–H groups in total. The number of thioether (sulfide) groups is 1. The number of aromatic nitrogens is 2. The van der Waals surface area contributed by atoms with Crippen LogP contribution in [0.1, 0.15) is 16.8 Å². The second kappa shape index (κ2) is 8.59. The van der Waals surface area contributed by atoms with Crippen molar-refractivity contribution in [1.82, 2.24) is 10.2 Å². The molecule has 2 heterocycles. The zero-order chi connectivity index (χ0) is 19.6. The molecule has 27 heavy (non-hydrogen) atoms. The first-order chi connectivity index (χ1) is 12.9. The average Bonchev–Trinajstić information content (AvgIpc) is 3.02. The molecule has 0 aliphatic carbocycles. The minimum Gasteiger partial charge on any atom is -0.443 e. The van der Waals surface area contributed by atoms with Gasteiger partial charge in [-0.05, 0) is 30.9 Å². The molecule has 1 aliphatic heterocycles. The van der Waals surface area contributed by atoms with Gasteiger partial charge in [0.15, 0.2) is 0 Å². The monoisotopic (exact) mass is 396 g/mol. The maximum atomic E-state index is 10.1. The topological polar surface area (TPSA) is 128 Å². The summed E-state index contributed by atoms with van der Waals surface area (Å²) in [6.07, 6.45) is -4.13. The Morgan fingerprint density at radius 3 is 2.48 bits per heavy atom. The molecular weight excluding hydrogens is 372 g/mol. The zero-order valence-corrected chi connectivity index (χ0v) is 15.9. The van der Waals surface area contributed by atoms with Crippen LogP contribution in [0.5, 0.6) is 5.88 Å². The molecule has 3 rings (SSSR count). The van der Waals surface area contributed by atoms with Crippen LogP contribution >= 0.6 is 11.8 Å². The van der Waals surface area contributed by atoms with Gasteiger partial charge in [-0.3, -0.25) is 5.10 Å². The lowest BCUT2D eigenvalue weighted by atomic mass is 9.99. The van der Waals surface area contributed by atoms with Crippen LogP contribution < -0.4 is 4.74 Å². The predicted octanol–water partition coefficient (Wildman–Crippen LogP) is 0.210. The number of aryl methyl sites for hydroxylation is 1. The molecule has 2 aromatic rings. The minimum absolute atomic E-state index is 0.241. The summed E-state index contributed by atoms with van der Waals surface area (Å²) in [5.41, 5.74) is 2.67. The number of hydrogen-bond acceptors (Lipinski definition) is 8. The lowest BCUT2D eigenvalue weighted by molar-refractivity contribution is -0.278. The molecule has 5 atom stereocenters. The Morgan fingerprint density at radius 1 is 1.15 bits per heavy atom. The highest BCUT2D eigenvalue weighted by molar-refractivity contribution is 7.98. The first-order valence-electron chi connectivity index (χ1n) is 8.58. The van der Waals surface area contributed by atoms with Crippen LogP contribution in [0.15, 0.2) is 29.2 Å². The molecule has 0 spiro atoms. The number of aliphatic hydroxyl groups is 4. The Hall–Kier alpha value is -1.62. The molecule has 1 fully saturated rings. The summed E-state index contributed by atoms with van der Waals surface area (Å²) in [7, 11) is 0. The van der Waals surface area contributed by atoms with Gasteiger partial charge in [0.05, 0.1) is 6.61 Å². The van der Waals surface area contributed by atoms with Crippen LogP contribution in [0.3, 0.4) is 0 Å². The fraction of sp³-hybridized carbons (Fsp3) is 0.500. The summed E-state index contributed by atoms with van der Waals surface area (Å²) < 4.78 is 11.1. The predicted molar refractivity (Wildman–Crippen MR) is 98.7 cm³/mol. The standard InChI is InChI=1S/C18H24N2O6S/c1-9-12(7-10-3-5-11(27-2)6-4-10)17(20-19-9)26-18-16(24)15(23)14(22)13(8-21)25-18/h3-6,13-16,18,21-24H,7-8H2,1-2H3,(H,19,20)/t13-,14-,15+,16-,18-/m1/s1. The van der Waals surface area contributed by atoms with E-state index < -0.39 is 37.3 Å². The molecule has 1 aromatic heterocycles. The number of nitrogens with zero attached hydrogens (tertiary/aromatic N) is 1. The molecule has 1 aliphatic rings. The Labute approximate surface area is 161 Å². The molecule has 148 valence electrons. The van der Waals surface area contributed by atoms with E-state index in [1.54, 1.807) is 11.8 Å². The van der Waals surface area contributed by atoms with Crippen molar-refractivity contribution in [3.05, 3.63) is 41.1 Å². The third kappa shape index (κ3) is 4.29. The molecule has 0 saturated carbocycles. The van der Waals surface area contributed by atoms with E-state index in [0.29, 0.717) is 6.42 Å². The van der Waals surface area contributed by atoms with Crippen molar-refractivity contribution in [2.75, 3.05) is 12.9 Å². The quantitative estimate of drug-likeness (QED) is 0.439. The van der Waals surface area contributed by atoms with E-state index in [1.807, 2.05) is 37.4 Å². The molecule has 0 radical (unpaired) electrons. The molecule has 1 saturated heterocycles. The Morgan fingerprint density at radius 2 is 1.85 bits per heavy atom. The second-order valence-electron chi connectivity index (χ2n) is 6.47. The third-order valence-corrected chi connectivity index (χ3v) is 5.40. The SMILES string of the molecule is CSc1ccc(Cc2c(O[C@H]3O[C@H](CO)[C@@H](O)[C@H](O)[C@H]3O)n[nH]c2C)cc1. The number of rotatable bonds is 6. The lowest BCUT2D eigenvalue weighted by Crippen LogP contribution is -2.60. The molecule has 0 unspecified atom stereocenters. The van der Waals surface area contributed by atoms with Gasteiger partial charge in [0.25, 0.3) is 0 Å². The number of hydrogen-bond donors (Lipinski definition) is 5. The van der Waals surface area contributed by atoms with Gasteiger partial charge in [-0.1, -0.05) is 12.1 Å². The van der Waals surface area contributed by atoms with Crippen LogP contribution in [-0.2, 0) is 11.2 Å².